The Labute approximate surface area is 147 Å². The highest BCUT2D eigenvalue weighted by Crippen LogP contribution is 2.21. The van der Waals surface area contributed by atoms with Gasteiger partial charge in [0.15, 0.2) is 0 Å². The lowest BCUT2D eigenvalue weighted by Gasteiger charge is -2.12. The number of anilines is 1. The number of hydrogen-bond donors (Lipinski definition) is 3. The Morgan fingerprint density at radius 2 is 1.85 bits per heavy atom. The first kappa shape index (κ1) is 19.0. The summed E-state index contributed by atoms with van der Waals surface area (Å²) in [6.07, 6.45) is -0.589. The molecule has 0 aliphatic rings. The highest BCUT2D eigenvalue weighted by molar-refractivity contribution is 6.39. The molecule has 0 heterocycles. The molecule has 1 atom stereocenters. The summed E-state index contributed by atoms with van der Waals surface area (Å²) in [5.41, 5.74) is -0.0399. The van der Waals surface area contributed by atoms with Crippen LogP contribution in [0.4, 0.5) is 15.8 Å². The first-order valence-electron chi connectivity index (χ1n) is 7.62. The molecule has 2 aromatic carbocycles. The quantitative estimate of drug-likeness (QED) is 0.408. The lowest BCUT2D eigenvalue weighted by Crippen LogP contribution is -2.40. The molecule has 3 N–H and O–H groups in total. The standard InChI is InChI=1S/C17H16FN3O5/c18-14-7-6-12(9-15(14)21(25)26)20-17(24)16(23)19-10-13(22)8-11-4-2-1-3-5-11/h1-7,9,13,22H,8,10H2,(H,19,23)(H,20,24). The summed E-state index contributed by atoms with van der Waals surface area (Å²) >= 11 is 0. The first-order valence-corrected chi connectivity index (χ1v) is 7.62. The maximum absolute atomic E-state index is 13.2. The molecular formula is C17H16FN3O5. The number of carbonyl (C=O) groups excluding carboxylic acids is 2. The molecule has 0 aliphatic carbocycles. The van der Waals surface area contributed by atoms with Crippen molar-refractivity contribution in [1.82, 2.24) is 5.32 Å². The second-order valence-corrected chi connectivity index (χ2v) is 5.43. The van der Waals surface area contributed by atoms with E-state index in [2.05, 4.69) is 10.6 Å². The van der Waals surface area contributed by atoms with Gasteiger partial charge in [0.25, 0.3) is 0 Å². The Bertz CT molecular complexity index is 813. The van der Waals surface area contributed by atoms with Gasteiger partial charge in [-0.2, -0.15) is 4.39 Å². The van der Waals surface area contributed by atoms with E-state index in [1.165, 1.54) is 0 Å². The van der Waals surface area contributed by atoms with Crippen LogP contribution in [0.15, 0.2) is 48.5 Å². The fourth-order valence-corrected chi connectivity index (χ4v) is 2.17. The zero-order valence-electron chi connectivity index (χ0n) is 13.5. The van der Waals surface area contributed by atoms with E-state index in [1.807, 2.05) is 30.3 Å². The van der Waals surface area contributed by atoms with E-state index in [9.17, 15) is 29.2 Å². The van der Waals surface area contributed by atoms with Gasteiger partial charge in [0.2, 0.25) is 5.82 Å². The maximum atomic E-state index is 13.2. The molecule has 8 nitrogen and oxygen atoms in total. The summed E-state index contributed by atoms with van der Waals surface area (Å²) in [6, 6.07) is 11.8. The Kier molecular flexibility index (Phi) is 6.34. The minimum Gasteiger partial charge on any atom is -0.391 e. The van der Waals surface area contributed by atoms with Crippen LogP contribution in [0.25, 0.3) is 0 Å². The number of rotatable bonds is 6. The summed E-state index contributed by atoms with van der Waals surface area (Å²) in [6.45, 7) is -0.148. The number of nitrogens with zero attached hydrogens (tertiary/aromatic N) is 1. The largest absolute Gasteiger partial charge is 0.391 e. The average Bonchev–Trinajstić information content (AvgIpc) is 2.61. The summed E-state index contributed by atoms with van der Waals surface area (Å²) in [7, 11) is 0. The fraction of sp³-hybridized carbons (Fsp3) is 0.176. The van der Waals surface area contributed by atoms with Crippen molar-refractivity contribution in [3.8, 4) is 0 Å². The minimum atomic E-state index is -1.09. The van der Waals surface area contributed by atoms with Gasteiger partial charge in [0.05, 0.1) is 11.0 Å². The second-order valence-electron chi connectivity index (χ2n) is 5.43. The van der Waals surface area contributed by atoms with E-state index in [0.29, 0.717) is 6.42 Å². The number of benzene rings is 2. The fourth-order valence-electron chi connectivity index (χ4n) is 2.17. The molecule has 0 aliphatic heterocycles. The van der Waals surface area contributed by atoms with Crippen molar-refractivity contribution in [2.75, 3.05) is 11.9 Å². The van der Waals surface area contributed by atoms with Crippen LogP contribution in [0, 0.1) is 15.9 Å². The molecule has 136 valence electrons. The molecule has 0 saturated carbocycles. The van der Waals surface area contributed by atoms with E-state index in [0.717, 1.165) is 23.8 Å². The Morgan fingerprint density at radius 3 is 2.50 bits per heavy atom. The lowest BCUT2D eigenvalue weighted by atomic mass is 10.1. The molecule has 0 radical (unpaired) electrons. The van der Waals surface area contributed by atoms with E-state index < -0.39 is 34.3 Å². The molecule has 1 unspecified atom stereocenters. The zero-order valence-corrected chi connectivity index (χ0v) is 13.5. The molecule has 9 heteroatoms. The first-order chi connectivity index (χ1) is 12.4. The van der Waals surface area contributed by atoms with Gasteiger partial charge in [-0.25, -0.2) is 0 Å². The predicted molar refractivity (Wildman–Crippen MR) is 90.8 cm³/mol. The third-order valence-electron chi connectivity index (χ3n) is 3.42. The van der Waals surface area contributed by atoms with Gasteiger partial charge in [-0.1, -0.05) is 30.3 Å². The summed E-state index contributed by atoms with van der Waals surface area (Å²) in [5, 5.41) is 25.0. The van der Waals surface area contributed by atoms with Gasteiger partial charge in [-0.3, -0.25) is 19.7 Å². The number of aliphatic hydroxyl groups excluding tert-OH is 1. The van der Waals surface area contributed by atoms with Gasteiger partial charge in [-0.05, 0) is 17.7 Å². The molecular weight excluding hydrogens is 345 g/mol. The highest BCUT2D eigenvalue weighted by Gasteiger charge is 2.19. The maximum Gasteiger partial charge on any atom is 0.313 e. The van der Waals surface area contributed by atoms with E-state index in [4.69, 9.17) is 0 Å². The molecule has 0 bridgehead atoms. The summed E-state index contributed by atoms with van der Waals surface area (Å²) in [4.78, 5) is 33.3. The summed E-state index contributed by atoms with van der Waals surface area (Å²) < 4.78 is 13.2. The van der Waals surface area contributed by atoms with E-state index in [1.54, 1.807) is 0 Å². The Hall–Kier alpha value is -3.33. The number of nitro groups is 1. The topological polar surface area (TPSA) is 122 Å². The van der Waals surface area contributed by atoms with Crippen LogP contribution in [-0.2, 0) is 16.0 Å². The molecule has 2 amide bonds. The van der Waals surface area contributed by atoms with Gasteiger partial charge in [-0.15, -0.1) is 0 Å². The van der Waals surface area contributed by atoms with Crippen LogP contribution in [0.1, 0.15) is 5.56 Å². The van der Waals surface area contributed by atoms with Gasteiger partial charge in [0.1, 0.15) is 0 Å². The van der Waals surface area contributed by atoms with Crippen molar-refractivity contribution in [1.29, 1.82) is 0 Å². The number of nitro benzene ring substituents is 1. The molecule has 0 fully saturated rings. The normalized spacial score (nSPS) is 11.5. The van der Waals surface area contributed by atoms with Crippen molar-refractivity contribution in [2.24, 2.45) is 0 Å². The zero-order chi connectivity index (χ0) is 19.1. The molecule has 0 spiro atoms. The number of aliphatic hydroxyl groups is 1. The van der Waals surface area contributed by atoms with E-state index >= 15 is 0 Å². The average molecular weight is 361 g/mol. The molecule has 0 saturated heterocycles. The van der Waals surface area contributed by atoms with Crippen molar-refractivity contribution in [3.05, 3.63) is 70.0 Å². The highest BCUT2D eigenvalue weighted by atomic mass is 19.1. The van der Waals surface area contributed by atoms with Crippen LogP contribution in [0.3, 0.4) is 0 Å². The van der Waals surface area contributed by atoms with Crippen molar-refractivity contribution in [3.63, 3.8) is 0 Å². The smallest absolute Gasteiger partial charge is 0.313 e. The summed E-state index contributed by atoms with van der Waals surface area (Å²) in [5.74, 6) is -3.16. The number of carbonyl (C=O) groups is 2. The lowest BCUT2D eigenvalue weighted by molar-refractivity contribution is -0.387. The molecule has 2 rings (SSSR count). The third kappa shape index (κ3) is 5.35. The molecule has 26 heavy (non-hydrogen) atoms. The van der Waals surface area contributed by atoms with Crippen molar-refractivity contribution < 1.29 is 24.0 Å². The predicted octanol–water partition coefficient (Wildman–Crippen LogP) is 1.39. The molecule has 0 aromatic heterocycles. The monoisotopic (exact) mass is 361 g/mol. The molecule has 2 aromatic rings. The number of hydrogen-bond acceptors (Lipinski definition) is 5. The van der Waals surface area contributed by atoms with Crippen LogP contribution in [0.5, 0.6) is 0 Å². The van der Waals surface area contributed by atoms with Crippen molar-refractivity contribution >= 4 is 23.2 Å². The van der Waals surface area contributed by atoms with Crippen LogP contribution in [0.2, 0.25) is 0 Å². The SMILES string of the molecule is O=C(NCC(O)Cc1ccccc1)C(=O)Nc1ccc(F)c([N+](=O)[O-])c1. The second kappa shape index (κ2) is 8.67. The van der Waals surface area contributed by atoms with Gasteiger partial charge >= 0.3 is 17.5 Å². The van der Waals surface area contributed by atoms with E-state index in [-0.39, 0.29) is 12.2 Å². The third-order valence-corrected chi connectivity index (χ3v) is 3.42. The number of amides is 2. The Morgan fingerprint density at radius 1 is 1.15 bits per heavy atom. The van der Waals surface area contributed by atoms with Gasteiger partial charge < -0.3 is 15.7 Å². The van der Waals surface area contributed by atoms with Gasteiger partial charge in [0, 0.05) is 24.7 Å². The number of halogens is 1. The van der Waals surface area contributed by atoms with Crippen LogP contribution in [-0.4, -0.2) is 34.5 Å². The minimum absolute atomic E-state index is 0.0944. The van der Waals surface area contributed by atoms with Crippen LogP contribution < -0.4 is 10.6 Å². The number of nitrogens with one attached hydrogen (secondary N) is 2. The van der Waals surface area contributed by atoms with Crippen LogP contribution >= 0.6 is 0 Å². The van der Waals surface area contributed by atoms with Crippen molar-refractivity contribution in [2.45, 2.75) is 12.5 Å². The Balaban J connectivity index is 1.87.